The quantitative estimate of drug-likeness (QED) is 0.223. The second kappa shape index (κ2) is 12.2. The number of hydrogen-bond acceptors (Lipinski definition) is 9. The zero-order valence-corrected chi connectivity index (χ0v) is 24.1. The van der Waals surface area contributed by atoms with E-state index in [1.807, 2.05) is 0 Å². The maximum Gasteiger partial charge on any atom is 0.284 e. The number of ether oxygens (including phenoxy) is 2. The van der Waals surface area contributed by atoms with Gasteiger partial charge < -0.3 is 14.6 Å². The smallest absolute Gasteiger partial charge is 0.284 e. The summed E-state index contributed by atoms with van der Waals surface area (Å²) in [6, 6.07) is 8.50. The predicted molar refractivity (Wildman–Crippen MR) is 156 cm³/mol. The zero-order valence-electron chi connectivity index (χ0n) is 22.5. The number of pyridine rings is 2. The third-order valence-corrected chi connectivity index (χ3v) is 9.38. The van der Waals surface area contributed by atoms with E-state index in [4.69, 9.17) is 9.47 Å². The van der Waals surface area contributed by atoms with Gasteiger partial charge in [-0.15, -0.1) is 0 Å². The minimum atomic E-state index is -0.496. The number of carbonyl (C=O) groups excluding carboxylic acids is 2. The molecule has 2 aliphatic rings. The Bertz CT molecular complexity index is 1380. The summed E-state index contributed by atoms with van der Waals surface area (Å²) in [5, 5.41) is 13.6. The van der Waals surface area contributed by atoms with Crippen LogP contribution in [0.3, 0.4) is 0 Å². The predicted octanol–water partition coefficient (Wildman–Crippen LogP) is 6.19. The van der Waals surface area contributed by atoms with Crippen LogP contribution in [0.2, 0.25) is 0 Å². The van der Waals surface area contributed by atoms with Crippen molar-refractivity contribution in [2.24, 2.45) is 5.92 Å². The molecule has 0 radical (unpaired) electrons. The fourth-order valence-electron chi connectivity index (χ4n) is 4.54. The minimum Gasteiger partial charge on any atom is -0.503 e. The maximum absolute atomic E-state index is 13.9. The maximum atomic E-state index is 13.9. The van der Waals surface area contributed by atoms with Crippen molar-refractivity contribution < 1.29 is 24.2 Å². The lowest BCUT2D eigenvalue weighted by Crippen LogP contribution is -2.41. The summed E-state index contributed by atoms with van der Waals surface area (Å²) in [4.78, 5) is 37.2. The molecule has 0 spiro atoms. The molecule has 1 saturated heterocycles. The van der Waals surface area contributed by atoms with E-state index in [2.05, 4.69) is 23.8 Å². The van der Waals surface area contributed by atoms with Crippen molar-refractivity contribution in [3.8, 4) is 17.2 Å². The largest absolute Gasteiger partial charge is 0.503 e. The van der Waals surface area contributed by atoms with Crippen molar-refractivity contribution in [2.75, 3.05) is 23.7 Å². The van der Waals surface area contributed by atoms with E-state index >= 15 is 0 Å². The Hall–Kier alpha value is -3.70. The Labute approximate surface area is 241 Å². The van der Waals surface area contributed by atoms with Gasteiger partial charge in [-0.2, -0.15) is 0 Å². The van der Waals surface area contributed by atoms with Crippen LogP contribution in [0, 0.1) is 5.92 Å². The number of aromatic nitrogens is 2. The summed E-state index contributed by atoms with van der Waals surface area (Å²) >= 11 is 2.41. The Morgan fingerprint density at radius 3 is 2.10 bits per heavy atom. The molecule has 2 amide bonds. The molecule has 0 aliphatic carbocycles. The molecule has 4 heterocycles. The van der Waals surface area contributed by atoms with Crippen molar-refractivity contribution in [1.29, 1.82) is 0 Å². The van der Waals surface area contributed by atoms with Gasteiger partial charge in [0, 0.05) is 18.5 Å². The van der Waals surface area contributed by atoms with Gasteiger partial charge in [-0.05, 0) is 36.6 Å². The topological polar surface area (TPSA) is 105 Å². The number of hydrazine groups is 1. The lowest BCUT2D eigenvalue weighted by molar-refractivity contribution is -0.116. The van der Waals surface area contributed by atoms with Gasteiger partial charge >= 0.3 is 0 Å². The van der Waals surface area contributed by atoms with Crippen molar-refractivity contribution in [3.63, 3.8) is 0 Å². The number of anilines is 2. The molecule has 2 aromatic heterocycles. The fourth-order valence-corrected chi connectivity index (χ4v) is 7.17. The lowest BCUT2D eigenvalue weighted by Gasteiger charge is -2.26. The van der Waals surface area contributed by atoms with Crippen LogP contribution < -0.4 is 19.5 Å². The first-order chi connectivity index (χ1) is 19.5. The molecule has 40 heavy (non-hydrogen) atoms. The van der Waals surface area contributed by atoms with Gasteiger partial charge in [-0.1, -0.05) is 56.6 Å². The van der Waals surface area contributed by atoms with Crippen LogP contribution in [0.4, 0.5) is 11.4 Å². The lowest BCUT2D eigenvalue weighted by atomic mass is 10.0. The first kappa shape index (κ1) is 27.9. The number of thioether (sulfide) groups is 2. The summed E-state index contributed by atoms with van der Waals surface area (Å²) in [6.45, 7) is 4.85. The molecule has 1 aromatic carbocycles. The summed E-state index contributed by atoms with van der Waals surface area (Å²) in [5.41, 5.74) is 0.881. The van der Waals surface area contributed by atoms with Gasteiger partial charge in [0.2, 0.25) is 0 Å². The SMILES string of the molecule is CCCCC(CC)COc1cc(OC)c(O)c2c1SC(=C1C(=O)N(c3cccnc3)N(c3cccnc3)C1=O)S2. The van der Waals surface area contributed by atoms with Gasteiger partial charge in [0.25, 0.3) is 11.8 Å². The number of unbranched alkanes of at least 4 members (excludes halogenated alkanes) is 1. The summed E-state index contributed by atoms with van der Waals surface area (Å²) < 4.78 is 12.2. The normalized spacial score (nSPS) is 15.6. The second-order valence-corrected chi connectivity index (χ2v) is 11.6. The van der Waals surface area contributed by atoms with Crippen molar-refractivity contribution in [2.45, 2.75) is 49.3 Å². The van der Waals surface area contributed by atoms with Gasteiger partial charge in [-0.3, -0.25) is 19.6 Å². The van der Waals surface area contributed by atoms with E-state index in [0.29, 0.717) is 43.7 Å². The van der Waals surface area contributed by atoms with Gasteiger partial charge in [0.15, 0.2) is 11.5 Å². The molecular formula is C29H30N4O5S2. The summed E-state index contributed by atoms with van der Waals surface area (Å²) in [7, 11) is 1.48. The highest BCUT2D eigenvalue weighted by Crippen LogP contribution is 2.61. The minimum absolute atomic E-state index is 0.00222. The molecule has 2 aliphatic heterocycles. The van der Waals surface area contributed by atoms with Gasteiger partial charge in [-0.25, -0.2) is 10.0 Å². The highest BCUT2D eigenvalue weighted by atomic mass is 32.2. The third kappa shape index (κ3) is 5.23. The third-order valence-electron chi connectivity index (χ3n) is 6.77. The van der Waals surface area contributed by atoms with E-state index in [-0.39, 0.29) is 17.1 Å². The van der Waals surface area contributed by atoms with Crippen LogP contribution in [0.25, 0.3) is 0 Å². The first-order valence-corrected chi connectivity index (χ1v) is 14.8. The van der Waals surface area contributed by atoms with Crippen molar-refractivity contribution >= 4 is 46.7 Å². The van der Waals surface area contributed by atoms with Crippen LogP contribution in [-0.4, -0.2) is 40.6 Å². The Morgan fingerprint density at radius 1 is 0.950 bits per heavy atom. The van der Waals surface area contributed by atoms with Gasteiger partial charge in [0.1, 0.15) is 11.3 Å². The number of amides is 2. The van der Waals surface area contributed by atoms with Crippen molar-refractivity contribution in [1.82, 2.24) is 9.97 Å². The Kier molecular flexibility index (Phi) is 8.51. The number of benzene rings is 1. The summed E-state index contributed by atoms with van der Waals surface area (Å²) in [5.74, 6) is 0.174. The molecule has 9 nitrogen and oxygen atoms in total. The Balaban J connectivity index is 1.54. The molecule has 5 rings (SSSR count). The molecule has 11 heteroatoms. The molecule has 0 bridgehead atoms. The number of rotatable bonds is 10. The number of aromatic hydroxyl groups is 1. The molecular weight excluding hydrogens is 548 g/mol. The van der Waals surface area contributed by atoms with E-state index in [1.165, 1.54) is 53.0 Å². The standard InChI is InChI=1S/C29H30N4O5S2/c1-4-6-9-18(5-2)17-38-22-14-21(37-3)24(34)26-25(22)39-29(40-26)23-27(35)32(19-10-7-12-30-15-19)33(28(23)36)20-11-8-13-31-16-20/h7-8,10-16,18,34H,4-6,9,17H2,1-3H3. The van der Waals surface area contributed by atoms with Crippen LogP contribution in [0.15, 0.2) is 74.7 Å². The van der Waals surface area contributed by atoms with Gasteiger partial charge in [0.05, 0.1) is 51.5 Å². The molecule has 1 unspecified atom stereocenters. The number of methoxy groups -OCH3 is 1. The zero-order chi connectivity index (χ0) is 28.2. The van der Waals surface area contributed by atoms with Crippen LogP contribution in [0.1, 0.15) is 39.5 Å². The van der Waals surface area contributed by atoms with Crippen LogP contribution in [0.5, 0.6) is 17.2 Å². The molecule has 1 N–H and O–H groups in total. The number of fused-ring (bicyclic) bond motifs is 1. The van der Waals surface area contributed by atoms with E-state index < -0.39 is 11.8 Å². The van der Waals surface area contributed by atoms with E-state index in [0.717, 1.165) is 25.7 Å². The molecule has 0 saturated carbocycles. The number of carbonyl (C=O) groups is 2. The monoisotopic (exact) mass is 578 g/mol. The van der Waals surface area contributed by atoms with E-state index in [9.17, 15) is 14.7 Å². The Morgan fingerprint density at radius 2 is 1.57 bits per heavy atom. The second-order valence-electron chi connectivity index (χ2n) is 9.33. The van der Waals surface area contributed by atoms with Crippen LogP contribution >= 0.6 is 23.5 Å². The number of hydrogen-bond donors (Lipinski definition) is 1. The number of phenols is 1. The van der Waals surface area contributed by atoms with Crippen LogP contribution in [-0.2, 0) is 9.59 Å². The fraction of sp³-hybridized carbons (Fsp3) is 0.310. The summed E-state index contributed by atoms with van der Waals surface area (Å²) in [6.07, 6.45) is 10.6. The average molecular weight is 579 g/mol. The first-order valence-electron chi connectivity index (χ1n) is 13.1. The molecule has 1 fully saturated rings. The van der Waals surface area contributed by atoms with Crippen molar-refractivity contribution in [3.05, 3.63) is 64.9 Å². The van der Waals surface area contributed by atoms with E-state index in [1.54, 1.807) is 42.7 Å². The molecule has 3 aromatic rings. The highest BCUT2D eigenvalue weighted by molar-refractivity contribution is 8.25. The molecule has 208 valence electrons. The molecule has 1 atom stereocenters. The average Bonchev–Trinajstić information content (AvgIpc) is 3.53. The number of phenolic OH excluding ortho intramolecular Hbond substituents is 1. The number of nitrogens with zero attached hydrogens (tertiary/aromatic N) is 4. The highest BCUT2D eigenvalue weighted by Gasteiger charge is 2.47.